The summed E-state index contributed by atoms with van der Waals surface area (Å²) < 4.78 is 4.76. The van der Waals surface area contributed by atoms with Crippen LogP contribution in [-0.2, 0) is 25.5 Å². The van der Waals surface area contributed by atoms with Gasteiger partial charge in [-0.15, -0.1) is 0 Å². The highest BCUT2D eigenvalue weighted by Gasteiger charge is 2.17. The largest absolute Gasteiger partial charge is 0.454 e. The first kappa shape index (κ1) is 21.9. The molecule has 8 heteroatoms. The summed E-state index contributed by atoms with van der Waals surface area (Å²) in [6.07, 6.45) is 0.113. The molecule has 2 aromatic carbocycles. The van der Waals surface area contributed by atoms with E-state index in [1.807, 2.05) is 42.5 Å². The number of urea groups is 1. The van der Waals surface area contributed by atoms with Crippen molar-refractivity contribution >= 4 is 34.6 Å². The molecule has 8 nitrogen and oxygen atoms in total. The summed E-state index contributed by atoms with van der Waals surface area (Å²) in [6, 6.07) is 12.7. The van der Waals surface area contributed by atoms with E-state index in [0.717, 1.165) is 16.3 Å². The fraction of sp³-hybridized carbons (Fsp3) is 0.333. The summed E-state index contributed by atoms with van der Waals surface area (Å²) in [4.78, 5) is 47.0. The van der Waals surface area contributed by atoms with Gasteiger partial charge in [-0.1, -0.05) is 42.5 Å². The lowest BCUT2D eigenvalue weighted by atomic mass is 10.0. The van der Waals surface area contributed by atoms with Crippen molar-refractivity contribution in [2.24, 2.45) is 0 Å². The Morgan fingerprint density at radius 3 is 2.34 bits per heavy atom. The highest BCUT2D eigenvalue weighted by Crippen LogP contribution is 2.18. The molecule has 2 aromatic rings. The molecule has 0 heterocycles. The number of hydrogen-bond donors (Lipinski definition) is 3. The van der Waals surface area contributed by atoms with Gasteiger partial charge in [0.1, 0.15) is 6.54 Å². The fourth-order valence-electron chi connectivity index (χ4n) is 2.58. The van der Waals surface area contributed by atoms with Crippen molar-refractivity contribution in [3.05, 3.63) is 48.0 Å². The molecule has 0 saturated heterocycles. The van der Waals surface area contributed by atoms with E-state index in [-0.39, 0.29) is 18.9 Å². The molecular formula is C21H25N3O5. The highest BCUT2D eigenvalue weighted by molar-refractivity contribution is 5.96. The summed E-state index contributed by atoms with van der Waals surface area (Å²) in [5.41, 5.74) is 0.341. The molecule has 0 spiro atoms. The van der Waals surface area contributed by atoms with Gasteiger partial charge in [-0.25, -0.2) is 4.79 Å². The normalized spacial score (nSPS) is 10.9. The number of imide groups is 1. The summed E-state index contributed by atoms with van der Waals surface area (Å²) in [5.74, 6) is -1.88. The van der Waals surface area contributed by atoms with Crippen LogP contribution in [0.25, 0.3) is 10.8 Å². The van der Waals surface area contributed by atoms with Crippen molar-refractivity contribution < 1.29 is 23.9 Å². The van der Waals surface area contributed by atoms with Gasteiger partial charge in [0.15, 0.2) is 6.61 Å². The van der Waals surface area contributed by atoms with Crippen LogP contribution in [0.5, 0.6) is 0 Å². The number of benzene rings is 2. The summed E-state index contributed by atoms with van der Waals surface area (Å²) >= 11 is 0. The molecule has 3 N–H and O–H groups in total. The lowest BCUT2D eigenvalue weighted by Gasteiger charge is -2.20. The molecule has 154 valence electrons. The Bertz CT molecular complexity index is 913. The Kier molecular flexibility index (Phi) is 7.30. The zero-order chi connectivity index (χ0) is 21.4. The third-order valence-electron chi connectivity index (χ3n) is 3.77. The Balaban J connectivity index is 1.74. The number of rotatable bonds is 6. The first-order valence-corrected chi connectivity index (χ1v) is 9.15. The minimum atomic E-state index is -0.775. The van der Waals surface area contributed by atoms with Crippen LogP contribution in [0.3, 0.4) is 0 Å². The average molecular weight is 399 g/mol. The third kappa shape index (κ3) is 7.61. The molecule has 0 atom stereocenters. The predicted octanol–water partition coefficient (Wildman–Crippen LogP) is 1.67. The number of carbonyl (C=O) groups is 4. The van der Waals surface area contributed by atoms with Crippen LogP contribution in [-0.4, -0.2) is 42.5 Å². The van der Waals surface area contributed by atoms with Crippen molar-refractivity contribution in [3.8, 4) is 0 Å². The van der Waals surface area contributed by atoms with E-state index in [1.54, 1.807) is 20.8 Å². The third-order valence-corrected chi connectivity index (χ3v) is 3.77. The summed E-state index contributed by atoms with van der Waals surface area (Å²) in [6.45, 7) is 4.30. The molecule has 0 saturated carbocycles. The Morgan fingerprint density at radius 2 is 1.62 bits per heavy atom. The second-order valence-corrected chi connectivity index (χ2v) is 7.50. The molecule has 4 amide bonds. The highest BCUT2D eigenvalue weighted by atomic mass is 16.5. The maximum Gasteiger partial charge on any atom is 0.325 e. The van der Waals surface area contributed by atoms with Gasteiger partial charge in [0.2, 0.25) is 5.91 Å². The van der Waals surface area contributed by atoms with Gasteiger partial charge >= 0.3 is 12.0 Å². The number of fused-ring (bicyclic) bond motifs is 1. The number of amides is 4. The second kappa shape index (κ2) is 9.68. The van der Waals surface area contributed by atoms with Crippen molar-refractivity contribution in [2.75, 3.05) is 13.2 Å². The molecular weight excluding hydrogens is 374 g/mol. The molecule has 0 aliphatic rings. The standard InChI is InChI=1S/C21H25N3O5/c1-21(2,3)24-20(28)23-18(26)13-29-19(27)12-22-17(25)11-15-9-6-8-14-7-4-5-10-16(14)15/h4-10H,11-13H2,1-3H3,(H,22,25)(H2,23,24,26,28). The van der Waals surface area contributed by atoms with Crippen LogP contribution >= 0.6 is 0 Å². The van der Waals surface area contributed by atoms with Gasteiger partial charge in [-0.3, -0.25) is 19.7 Å². The van der Waals surface area contributed by atoms with E-state index in [4.69, 9.17) is 4.74 Å². The predicted molar refractivity (Wildman–Crippen MR) is 108 cm³/mol. The van der Waals surface area contributed by atoms with E-state index in [2.05, 4.69) is 16.0 Å². The quantitative estimate of drug-likeness (QED) is 0.640. The smallest absolute Gasteiger partial charge is 0.325 e. The van der Waals surface area contributed by atoms with E-state index < -0.39 is 30.1 Å². The zero-order valence-corrected chi connectivity index (χ0v) is 16.7. The van der Waals surface area contributed by atoms with Gasteiger partial charge in [0.25, 0.3) is 5.91 Å². The zero-order valence-electron chi connectivity index (χ0n) is 16.7. The van der Waals surface area contributed by atoms with Crippen molar-refractivity contribution in [1.29, 1.82) is 0 Å². The topological polar surface area (TPSA) is 114 Å². The Hall–Kier alpha value is -3.42. The Labute approximate surface area is 169 Å². The SMILES string of the molecule is CC(C)(C)NC(=O)NC(=O)COC(=O)CNC(=O)Cc1cccc2ccccc12. The van der Waals surface area contributed by atoms with Gasteiger partial charge in [0, 0.05) is 5.54 Å². The number of nitrogens with one attached hydrogen (secondary N) is 3. The van der Waals surface area contributed by atoms with Crippen LogP contribution < -0.4 is 16.0 Å². The van der Waals surface area contributed by atoms with Crippen molar-refractivity contribution in [2.45, 2.75) is 32.7 Å². The molecule has 0 unspecified atom stereocenters. The molecule has 0 aliphatic carbocycles. The molecule has 0 aromatic heterocycles. The summed E-state index contributed by atoms with van der Waals surface area (Å²) in [7, 11) is 0. The van der Waals surface area contributed by atoms with E-state index in [0.29, 0.717) is 0 Å². The molecule has 0 fully saturated rings. The lowest BCUT2D eigenvalue weighted by molar-refractivity contribution is -0.148. The second-order valence-electron chi connectivity index (χ2n) is 7.50. The van der Waals surface area contributed by atoms with E-state index in [1.165, 1.54) is 0 Å². The number of ether oxygens (including phenoxy) is 1. The minimum Gasteiger partial charge on any atom is -0.454 e. The maximum atomic E-state index is 12.1. The average Bonchev–Trinajstić information content (AvgIpc) is 2.63. The molecule has 0 bridgehead atoms. The maximum absolute atomic E-state index is 12.1. The van der Waals surface area contributed by atoms with Crippen molar-refractivity contribution in [1.82, 2.24) is 16.0 Å². The first-order chi connectivity index (χ1) is 13.6. The molecule has 0 aliphatic heterocycles. The van der Waals surface area contributed by atoms with Gasteiger partial charge in [-0.05, 0) is 37.1 Å². The van der Waals surface area contributed by atoms with Crippen molar-refractivity contribution in [3.63, 3.8) is 0 Å². The molecule has 2 rings (SSSR count). The monoisotopic (exact) mass is 399 g/mol. The van der Waals surface area contributed by atoms with E-state index >= 15 is 0 Å². The Morgan fingerprint density at radius 1 is 0.931 bits per heavy atom. The van der Waals surface area contributed by atoms with Crippen LogP contribution in [0.1, 0.15) is 26.3 Å². The molecule has 29 heavy (non-hydrogen) atoms. The van der Waals surface area contributed by atoms with E-state index in [9.17, 15) is 19.2 Å². The van der Waals surface area contributed by atoms with Crippen LogP contribution in [0.2, 0.25) is 0 Å². The minimum absolute atomic E-state index is 0.113. The number of esters is 1. The first-order valence-electron chi connectivity index (χ1n) is 9.15. The fourth-order valence-corrected chi connectivity index (χ4v) is 2.58. The lowest BCUT2D eigenvalue weighted by Crippen LogP contribution is -2.49. The molecule has 0 radical (unpaired) electrons. The number of hydrogen-bond acceptors (Lipinski definition) is 5. The number of carbonyl (C=O) groups excluding carboxylic acids is 4. The summed E-state index contributed by atoms with van der Waals surface area (Å²) in [5, 5.41) is 9.06. The van der Waals surface area contributed by atoms with Gasteiger partial charge in [-0.2, -0.15) is 0 Å². The van der Waals surface area contributed by atoms with Gasteiger partial charge in [0.05, 0.1) is 6.42 Å². The van der Waals surface area contributed by atoms with Crippen LogP contribution in [0.4, 0.5) is 4.79 Å². The van der Waals surface area contributed by atoms with Crippen LogP contribution in [0.15, 0.2) is 42.5 Å². The van der Waals surface area contributed by atoms with Gasteiger partial charge < -0.3 is 15.4 Å². The van der Waals surface area contributed by atoms with Crippen LogP contribution in [0, 0.1) is 0 Å².